The summed E-state index contributed by atoms with van der Waals surface area (Å²) >= 11 is 6.25. The van der Waals surface area contributed by atoms with Crippen LogP contribution in [0.4, 0.5) is 10.5 Å². The number of ether oxygens (including phenoxy) is 3. The van der Waals surface area contributed by atoms with E-state index in [1.54, 1.807) is 18.2 Å². The van der Waals surface area contributed by atoms with Gasteiger partial charge in [-0.05, 0) is 26.0 Å². The van der Waals surface area contributed by atoms with E-state index in [0.717, 1.165) is 0 Å². The fourth-order valence-electron chi connectivity index (χ4n) is 2.27. The Morgan fingerprint density at radius 2 is 1.96 bits per heavy atom. The Labute approximate surface area is 145 Å². The number of benzene rings is 1. The highest BCUT2D eigenvalue weighted by atomic mass is 35.5. The van der Waals surface area contributed by atoms with Gasteiger partial charge in [0.25, 0.3) is 0 Å². The van der Waals surface area contributed by atoms with Gasteiger partial charge in [0.05, 0.1) is 10.7 Å². The van der Waals surface area contributed by atoms with E-state index < -0.39 is 12.3 Å². The second-order valence-corrected chi connectivity index (χ2v) is 5.43. The summed E-state index contributed by atoms with van der Waals surface area (Å²) in [4.78, 5) is 24.5. The van der Waals surface area contributed by atoms with Crippen LogP contribution in [0.3, 0.4) is 0 Å². The van der Waals surface area contributed by atoms with E-state index in [0.29, 0.717) is 36.2 Å². The lowest BCUT2D eigenvalue weighted by molar-refractivity contribution is -0.152. The van der Waals surface area contributed by atoms with Crippen LogP contribution in [0.5, 0.6) is 5.75 Å². The van der Waals surface area contributed by atoms with Gasteiger partial charge in [-0.15, -0.1) is 0 Å². The molecule has 8 heteroatoms. The molecule has 0 spiro atoms. The molecule has 1 saturated heterocycles. The molecule has 0 saturated carbocycles. The fourth-order valence-corrected chi connectivity index (χ4v) is 2.54. The molecule has 0 unspecified atom stereocenters. The smallest absolute Gasteiger partial charge is 0.328 e. The zero-order valence-corrected chi connectivity index (χ0v) is 14.5. The zero-order chi connectivity index (χ0) is 17.5. The molecule has 0 atom stereocenters. The summed E-state index contributed by atoms with van der Waals surface area (Å²) in [5.74, 6) is 0.256. The third kappa shape index (κ3) is 4.83. The molecule has 0 aliphatic carbocycles. The van der Waals surface area contributed by atoms with E-state index in [-0.39, 0.29) is 18.9 Å². The lowest BCUT2D eigenvalue weighted by atomic mass is 10.2. The van der Waals surface area contributed by atoms with Crippen molar-refractivity contribution in [1.82, 2.24) is 5.32 Å². The van der Waals surface area contributed by atoms with Crippen molar-refractivity contribution >= 4 is 29.2 Å². The van der Waals surface area contributed by atoms with Crippen molar-refractivity contribution in [2.75, 3.05) is 31.3 Å². The van der Waals surface area contributed by atoms with Crippen molar-refractivity contribution in [2.24, 2.45) is 0 Å². The number of carbonyl (C=O) groups is 2. The molecule has 132 valence electrons. The number of rotatable bonds is 8. The van der Waals surface area contributed by atoms with Gasteiger partial charge in [0.2, 0.25) is 5.91 Å². The summed E-state index contributed by atoms with van der Waals surface area (Å²) in [6.45, 7) is 5.34. The van der Waals surface area contributed by atoms with Crippen LogP contribution >= 0.6 is 11.6 Å². The number of halogens is 1. The van der Waals surface area contributed by atoms with E-state index >= 15 is 0 Å². The zero-order valence-electron chi connectivity index (χ0n) is 13.7. The predicted molar refractivity (Wildman–Crippen MR) is 89.5 cm³/mol. The summed E-state index contributed by atoms with van der Waals surface area (Å²) in [7, 11) is 0. The molecular formula is C16H21ClN2O5. The van der Waals surface area contributed by atoms with Crippen LogP contribution in [0.1, 0.15) is 20.3 Å². The van der Waals surface area contributed by atoms with Crippen LogP contribution in [-0.2, 0) is 14.3 Å². The highest BCUT2D eigenvalue weighted by Gasteiger charge is 2.25. The third-order valence-corrected chi connectivity index (χ3v) is 3.66. The number of carbonyl (C=O) groups excluding carboxylic acids is 2. The van der Waals surface area contributed by atoms with Crippen LogP contribution in [0, 0.1) is 0 Å². The number of amides is 3. The Bertz CT molecular complexity index is 590. The molecule has 1 heterocycles. The van der Waals surface area contributed by atoms with E-state index in [1.807, 2.05) is 13.8 Å². The molecule has 1 fully saturated rings. The highest BCUT2D eigenvalue weighted by Crippen LogP contribution is 2.31. The van der Waals surface area contributed by atoms with Crippen LogP contribution in [0.2, 0.25) is 5.02 Å². The number of imide groups is 1. The molecule has 24 heavy (non-hydrogen) atoms. The van der Waals surface area contributed by atoms with E-state index in [1.165, 1.54) is 4.90 Å². The molecule has 1 aromatic carbocycles. The van der Waals surface area contributed by atoms with Gasteiger partial charge in [0, 0.05) is 32.2 Å². The van der Waals surface area contributed by atoms with Gasteiger partial charge >= 0.3 is 6.03 Å². The average molecular weight is 357 g/mol. The molecule has 0 radical (unpaired) electrons. The Hall–Kier alpha value is -1.83. The van der Waals surface area contributed by atoms with Crippen LogP contribution in [-0.4, -0.2) is 44.6 Å². The second kappa shape index (κ2) is 8.86. The summed E-state index contributed by atoms with van der Waals surface area (Å²) in [5.41, 5.74) is 0.528. The van der Waals surface area contributed by atoms with Gasteiger partial charge in [-0.1, -0.05) is 11.6 Å². The molecule has 1 aliphatic heterocycles. The van der Waals surface area contributed by atoms with Crippen molar-refractivity contribution in [3.8, 4) is 5.75 Å². The van der Waals surface area contributed by atoms with E-state index in [2.05, 4.69) is 5.32 Å². The van der Waals surface area contributed by atoms with Gasteiger partial charge in [-0.25, -0.2) is 4.79 Å². The average Bonchev–Trinajstić information content (AvgIpc) is 2.54. The highest BCUT2D eigenvalue weighted by molar-refractivity contribution is 6.34. The maximum absolute atomic E-state index is 11.9. The van der Waals surface area contributed by atoms with Crippen molar-refractivity contribution in [1.29, 1.82) is 0 Å². The summed E-state index contributed by atoms with van der Waals surface area (Å²) < 4.78 is 16.4. The van der Waals surface area contributed by atoms with Crippen molar-refractivity contribution in [2.45, 2.75) is 26.6 Å². The van der Waals surface area contributed by atoms with Crippen LogP contribution in [0.15, 0.2) is 18.2 Å². The minimum Gasteiger partial charge on any atom is -0.488 e. The largest absolute Gasteiger partial charge is 0.488 e. The Morgan fingerprint density at radius 3 is 2.54 bits per heavy atom. The number of hydrogen-bond donors (Lipinski definition) is 1. The molecule has 1 N–H and O–H groups in total. The molecule has 3 amide bonds. The van der Waals surface area contributed by atoms with E-state index in [4.69, 9.17) is 25.8 Å². The van der Waals surface area contributed by atoms with Gasteiger partial charge in [0.1, 0.15) is 12.4 Å². The maximum atomic E-state index is 11.9. The lowest BCUT2D eigenvalue weighted by Crippen LogP contribution is -2.49. The molecule has 1 aromatic rings. The van der Waals surface area contributed by atoms with Crippen molar-refractivity contribution < 1.29 is 23.8 Å². The monoisotopic (exact) mass is 356 g/mol. The van der Waals surface area contributed by atoms with Gasteiger partial charge in [-0.2, -0.15) is 0 Å². The van der Waals surface area contributed by atoms with Crippen LogP contribution < -0.4 is 15.0 Å². The number of hydrogen-bond acceptors (Lipinski definition) is 5. The fraction of sp³-hybridized carbons (Fsp3) is 0.500. The first-order valence-electron chi connectivity index (χ1n) is 7.82. The summed E-state index contributed by atoms with van der Waals surface area (Å²) in [6.07, 6.45) is -0.206. The summed E-state index contributed by atoms with van der Waals surface area (Å²) in [6, 6.07) is 4.54. The first-order chi connectivity index (χ1) is 11.5. The molecule has 0 aromatic heterocycles. The van der Waals surface area contributed by atoms with Crippen LogP contribution in [0.25, 0.3) is 0 Å². The first-order valence-corrected chi connectivity index (χ1v) is 8.19. The standard InChI is InChI=1S/C16H21ClN2O5/c1-3-22-15(23-4-2)10-24-11-5-6-13(12(17)9-11)19-8-7-14(20)18-16(19)21/h5-6,9,15H,3-4,7-8,10H2,1-2H3,(H,18,20,21). The minimum absolute atomic E-state index is 0.232. The van der Waals surface area contributed by atoms with Gasteiger partial charge in [-0.3, -0.25) is 15.0 Å². The van der Waals surface area contributed by atoms with Crippen molar-refractivity contribution in [3.05, 3.63) is 23.2 Å². The SMILES string of the molecule is CCOC(COc1ccc(N2CCC(=O)NC2=O)c(Cl)c1)OCC. The molecule has 2 rings (SSSR count). The Kier molecular flexibility index (Phi) is 6.84. The molecule has 7 nitrogen and oxygen atoms in total. The number of anilines is 1. The predicted octanol–water partition coefficient (Wildman–Crippen LogP) is 2.56. The van der Waals surface area contributed by atoms with Crippen molar-refractivity contribution in [3.63, 3.8) is 0 Å². The number of urea groups is 1. The first kappa shape index (κ1) is 18.5. The van der Waals surface area contributed by atoms with Gasteiger partial charge in [0.15, 0.2) is 6.29 Å². The quantitative estimate of drug-likeness (QED) is 0.724. The maximum Gasteiger partial charge on any atom is 0.328 e. The molecular weight excluding hydrogens is 336 g/mol. The minimum atomic E-state index is -0.477. The van der Waals surface area contributed by atoms with Gasteiger partial charge < -0.3 is 14.2 Å². The third-order valence-electron chi connectivity index (χ3n) is 3.36. The number of nitrogens with zero attached hydrogens (tertiary/aromatic N) is 1. The number of nitrogens with one attached hydrogen (secondary N) is 1. The Morgan fingerprint density at radius 1 is 1.25 bits per heavy atom. The topological polar surface area (TPSA) is 77.1 Å². The molecule has 0 bridgehead atoms. The molecule has 1 aliphatic rings. The normalized spacial score (nSPS) is 14.9. The second-order valence-electron chi connectivity index (χ2n) is 5.02. The lowest BCUT2D eigenvalue weighted by Gasteiger charge is -2.27. The summed E-state index contributed by atoms with van der Waals surface area (Å²) in [5, 5.41) is 2.63. The Balaban J connectivity index is 2.01. The van der Waals surface area contributed by atoms with E-state index in [9.17, 15) is 9.59 Å².